The van der Waals surface area contributed by atoms with E-state index in [2.05, 4.69) is 15.0 Å². The van der Waals surface area contributed by atoms with Crippen LogP contribution in [0.5, 0.6) is 6.01 Å². The van der Waals surface area contributed by atoms with Crippen LogP contribution in [0.4, 0.5) is 13.2 Å². The minimum absolute atomic E-state index is 0.213. The molecule has 0 unspecified atom stereocenters. The molecular weight excluding hydrogens is 279 g/mol. The summed E-state index contributed by atoms with van der Waals surface area (Å²) in [5.74, 6) is 0. The summed E-state index contributed by atoms with van der Waals surface area (Å²) >= 11 is 1.48. The van der Waals surface area contributed by atoms with Crippen LogP contribution < -0.4 is 4.74 Å². The van der Waals surface area contributed by atoms with Gasteiger partial charge in [0.1, 0.15) is 0 Å². The molecule has 2 aromatic heterocycles. The van der Waals surface area contributed by atoms with Gasteiger partial charge in [-0.1, -0.05) is 0 Å². The highest BCUT2D eigenvalue weighted by Crippen LogP contribution is 2.27. The van der Waals surface area contributed by atoms with Gasteiger partial charge in [0.2, 0.25) is 0 Å². The Balaban J connectivity index is 1.95. The van der Waals surface area contributed by atoms with Crippen molar-refractivity contribution in [2.24, 2.45) is 0 Å². The predicted octanol–water partition coefficient (Wildman–Crippen LogP) is 2.88. The second-order valence-electron chi connectivity index (χ2n) is 3.68. The summed E-state index contributed by atoms with van der Waals surface area (Å²) in [6.07, 6.45) is -2.89. The summed E-state index contributed by atoms with van der Waals surface area (Å²) in [6, 6.07) is 0.539. The van der Waals surface area contributed by atoms with Crippen LogP contribution in [-0.4, -0.2) is 21.6 Å². The Labute approximate surface area is 111 Å². The third-order valence-electron chi connectivity index (χ3n) is 2.33. The van der Waals surface area contributed by atoms with Gasteiger partial charge in [-0.3, -0.25) is 0 Å². The molecule has 0 saturated carbocycles. The zero-order chi connectivity index (χ0) is 13.9. The maximum absolute atomic E-state index is 12.4. The lowest BCUT2D eigenvalue weighted by Crippen LogP contribution is -2.11. The van der Waals surface area contributed by atoms with Crippen molar-refractivity contribution in [3.05, 3.63) is 34.0 Å². The standard InChI is InChI=1S/C11H10F3N3OS/c1-7-8(19-6-16-7)3-5-18-10-15-4-2-9(17-10)11(12,13)14/h2,4,6H,3,5H2,1H3. The second kappa shape index (κ2) is 5.52. The van der Waals surface area contributed by atoms with Crippen LogP contribution in [-0.2, 0) is 12.6 Å². The van der Waals surface area contributed by atoms with Gasteiger partial charge in [0, 0.05) is 17.5 Å². The number of rotatable bonds is 4. The molecule has 2 heterocycles. The fraction of sp³-hybridized carbons (Fsp3) is 0.364. The minimum atomic E-state index is -4.49. The van der Waals surface area contributed by atoms with Crippen molar-refractivity contribution < 1.29 is 17.9 Å². The van der Waals surface area contributed by atoms with Crippen molar-refractivity contribution in [3.8, 4) is 6.01 Å². The number of nitrogens with zero attached hydrogens (tertiary/aromatic N) is 3. The molecule has 0 radical (unpaired) electrons. The summed E-state index contributed by atoms with van der Waals surface area (Å²) in [4.78, 5) is 12.1. The van der Waals surface area contributed by atoms with Gasteiger partial charge in [-0.2, -0.15) is 18.2 Å². The third-order valence-corrected chi connectivity index (χ3v) is 3.32. The van der Waals surface area contributed by atoms with Crippen molar-refractivity contribution in [2.45, 2.75) is 19.5 Å². The summed E-state index contributed by atoms with van der Waals surface area (Å²) in [5.41, 5.74) is 1.61. The van der Waals surface area contributed by atoms with Crippen LogP contribution in [0.3, 0.4) is 0 Å². The number of ether oxygens (including phenoxy) is 1. The normalized spacial score (nSPS) is 11.6. The smallest absolute Gasteiger partial charge is 0.433 e. The Kier molecular flexibility index (Phi) is 3.98. The number of hydrogen-bond acceptors (Lipinski definition) is 5. The first kappa shape index (κ1) is 13.7. The van der Waals surface area contributed by atoms with Crippen LogP contribution in [0.2, 0.25) is 0 Å². The zero-order valence-electron chi connectivity index (χ0n) is 9.94. The van der Waals surface area contributed by atoms with Gasteiger partial charge in [-0.05, 0) is 13.0 Å². The number of halogens is 3. The second-order valence-corrected chi connectivity index (χ2v) is 4.62. The van der Waals surface area contributed by atoms with Crippen LogP contribution >= 0.6 is 11.3 Å². The highest BCUT2D eigenvalue weighted by Gasteiger charge is 2.32. The monoisotopic (exact) mass is 289 g/mol. The fourth-order valence-electron chi connectivity index (χ4n) is 1.37. The number of aryl methyl sites for hydroxylation is 1. The Morgan fingerprint density at radius 1 is 1.32 bits per heavy atom. The van der Waals surface area contributed by atoms with E-state index in [1.807, 2.05) is 6.92 Å². The maximum Gasteiger partial charge on any atom is 0.433 e. The highest BCUT2D eigenvalue weighted by molar-refractivity contribution is 7.09. The van der Waals surface area contributed by atoms with Gasteiger partial charge in [0.15, 0.2) is 5.69 Å². The fourth-order valence-corrected chi connectivity index (χ4v) is 2.13. The molecule has 0 spiro atoms. The van der Waals surface area contributed by atoms with Crippen LogP contribution in [0, 0.1) is 6.92 Å². The van der Waals surface area contributed by atoms with Gasteiger partial charge in [0.25, 0.3) is 0 Å². The van der Waals surface area contributed by atoms with Crippen molar-refractivity contribution in [1.29, 1.82) is 0 Å². The first-order valence-electron chi connectivity index (χ1n) is 5.39. The van der Waals surface area contributed by atoms with Gasteiger partial charge in [0.05, 0.1) is 17.8 Å². The van der Waals surface area contributed by atoms with Crippen molar-refractivity contribution in [2.75, 3.05) is 6.61 Å². The number of alkyl halides is 3. The quantitative estimate of drug-likeness (QED) is 0.868. The molecule has 102 valence electrons. The lowest BCUT2D eigenvalue weighted by atomic mass is 10.3. The SMILES string of the molecule is Cc1ncsc1CCOc1nccc(C(F)(F)F)n1. The van der Waals surface area contributed by atoms with E-state index in [9.17, 15) is 13.2 Å². The molecule has 2 aromatic rings. The molecule has 4 nitrogen and oxygen atoms in total. The van der Waals surface area contributed by atoms with E-state index in [1.165, 1.54) is 11.3 Å². The van der Waals surface area contributed by atoms with Gasteiger partial charge in [-0.25, -0.2) is 9.97 Å². The average Bonchev–Trinajstić information content (AvgIpc) is 2.75. The van der Waals surface area contributed by atoms with Gasteiger partial charge in [-0.15, -0.1) is 11.3 Å². The average molecular weight is 289 g/mol. The third kappa shape index (κ3) is 3.63. The Hall–Kier alpha value is -1.70. The molecule has 0 aliphatic carbocycles. The summed E-state index contributed by atoms with van der Waals surface area (Å²) in [5, 5.41) is 0. The van der Waals surface area contributed by atoms with E-state index < -0.39 is 11.9 Å². The molecule has 0 N–H and O–H groups in total. The van der Waals surface area contributed by atoms with Crippen LogP contribution in [0.15, 0.2) is 17.8 Å². The predicted molar refractivity (Wildman–Crippen MR) is 63.1 cm³/mol. The van der Waals surface area contributed by atoms with Crippen molar-refractivity contribution in [1.82, 2.24) is 15.0 Å². The van der Waals surface area contributed by atoms with Crippen molar-refractivity contribution in [3.63, 3.8) is 0 Å². The van der Waals surface area contributed by atoms with E-state index in [-0.39, 0.29) is 12.6 Å². The summed E-state index contributed by atoms with van der Waals surface area (Å²) in [7, 11) is 0. The molecule has 19 heavy (non-hydrogen) atoms. The molecule has 2 rings (SSSR count). The molecule has 0 aromatic carbocycles. The van der Waals surface area contributed by atoms with Gasteiger partial charge < -0.3 is 4.74 Å². The molecule has 0 bridgehead atoms. The molecule has 0 fully saturated rings. The Bertz CT molecular complexity index is 556. The van der Waals surface area contributed by atoms with Crippen LogP contribution in [0.25, 0.3) is 0 Å². The molecule has 0 saturated heterocycles. The largest absolute Gasteiger partial charge is 0.463 e. The first-order chi connectivity index (χ1) is 8.97. The lowest BCUT2D eigenvalue weighted by molar-refractivity contribution is -0.141. The minimum Gasteiger partial charge on any atom is -0.463 e. The molecule has 0 atom stereocenters. The number of aromatic nitrogens is 3. The zero-order valence-corrected chi connectivity index (χ0v) is 10.8. The molecule has 0 aliphatic heterocycles. The number of thiazole rings is 1. The Morgan fingerprint density at radius 2 is 2.11 bits per heavy atom. The van der Waals surface area contributed by atoms with E-state index in [0.717, 1.165) is 22.8 Å². The Morgan fingerprint density at radius 3 is 2.74 bits per heavy atom. The molecule has 0 aliphatic rings. The van der Waals surface area contributed by atoms with Gasteiger partial charge >= 0.3 is 12.2 Å². The topological polar surface area (TPSA) is 47.9 Å². The van der Waals surface area contributed by atoms with E-state index in [4.69, 9.17) is 4.74 Å². The van der Waals surface area contributed by atoms with E-state index in [0.29, 0.717) is 6.42 Å². The van der Waals surface area contributed by atoms with Crippen molar-refractivity contribution >= 4 is 11.3 Å². The lowest BCUT2D eigenvalue weighted by Gasteiger charge is -2.07. The van der Waals surface area contributed by atoms with E-state index in [1.54, 1.807) is 5.51 Å². The highest BCUT2D eigenvalue weighted by atomic mass is 32.1. The van der Waals surface area contributed by atoms with E-state index >= 15 is 0 Å². The number of hydrogen-bond donors (Lipinski definition) is 0. The molecule has 8 heteroatoms. The first-order valence-corrected chi connectivity index (χ1v) is 6.27. The molecule has 0 amide bonds. The maximum atomic E-state index is 12.4. The summed E-state index contributed by atoms with van der Waals surface area (Å²) < 4.78 is 42.4. The van der Waals surface area contributed by atoms with Crippen LogP contribution in [0.1, 0.15) is 16.3 Å². The summed E-state index contributed by atoms with van der Waals surface area (Å²) in [6.45, 7) is 2.08. The molecular formula is C11H10F3N3OS.